The fourth-order valence-electron chi connectivity index (χ4n) is 2.33. The van der Waals surface area contributed by atoms with Crippen LogP contribution < -0.4 is 15.8 Å². The Balaban J connectivity index is 2.00. The van der Waals surface area contributed by atoms with Crippen LogP contribution in [-0.4, -0.2) is 48.8 Å². The number of anilines is 1. The zero-order chi connectivity index (χ0) is 15.4. The number of ether oxygens (including phenoxy) is 1. The lowest BCUT2D eigenvalue weighted by Gasteiger charge is -2.17. The van der Waals surface area contributed by atoms with E-state index in [2.05, 4.69) is 10.3 Å². The van der Waals surface area contributed by atoms with E-state index < -0.39 is 0 Å². The Morgan fingerprint density at radius 1 is 1.38 bits per heavy atom. The van der Waals surface area contributed by atoms with Crippen molar-refractivity contribution < 1.29 is 9.53 Å². The third-order valence-corrected chi connectivity index (χ3v) is 3.68. The van der Waals surface area contributed by atoms with E-state index in [9.17, 15) is 9.59 Å². The molecule has 0 aliphatic carbocycles. The van der Waals surface area contributed by atoms with Gasteiger partial charge in [-0.15, -0.1) is 0 Å². The Hall–Kier alpha value is -1.89. The quantitative estimate of drug-likeness (QED) is 0.737. The van der Waals surface area contributed by atoms with Crippen LogP contribution in [0.3, 0.4) is 0 Å². The average molecular weight is 294 g/mol. The first-order valence-corrected chi connectivity index (χ1v) is 7.13. The SMILES string of the molecule is COCCCNC(=O)CN1CCn2c1nc(C)c(C)c2=O. The predicted molar refractivity (Wildman–Crippen MR) is 79.7 cm³/mol. The zero-order valence-electron chi connectivity index (χ0n) is 12.8. The molecule has 7 heteroatoms. The predicted octanol–water partition coefficient (Wildman–Crippen LogP) is -0.167. The summed E-state index contributed by atoms with van der Waals surface area (Å²) in [5.74, 6) is 0.530. The number of aryl methyl sites for hydroxylation is 1. The normalized spacial score (nSPS) is 13.4. The number of rotatable bonds is 6. The van der Waals surface area contributed by atoms with Gasteiger partial charge in [0.05, 0.1) is 6.54 Å². The van der Waals surface area contributed by atoms with Gasteiger partial charge in [0.15, 0.2) is 0 Å². The second-order valence-electron chi connectivity index (χ2n) is 5.20. The Morgan fingerprint density at radius 2 is 2.14 bits per heavy atom. The summed E-state index contributed by atoms with van der Waals surface area (Å²) in [6, 6.07) is 0. The van der Waals surface area contributed by atoms with Gasteiger partial charge < -0.3 is 15.0 Å². The van der Waals surface area contributed by atoms with Gasteiger partial charge in [-0.05, 0) is 20.3 Å². The van der Waals surface area contributed by atoms with Crippen LogP contribution in [0.4, 0.5) is 5.95 Å². The third-order valence-electron chi connectivity index (χ3n) is 3.68. The topological polar surface area (TPSA) is 76.5 Å². The smallest absolute Gasteiger partial charge is 0.258 e. The van der Waals surface area contributed by atoms with Crippen LogP contribution in [0.15, 0.2) is 4.79 Å². The van der Waals surface area contributed by atoms with Crippen molar-refractivity contribution >= 4 is 11.9 Å². The van der Waals surface area contributed by atoms with E-state index in [0.29, 0.717) is 37.8 Å². The lowest BCUT2D eigenvalue weighted by molar-refractivity contribution is -0.119. The van der Waals surface area contributed by atoms with Gasteiger partial charge in [-0.2, -0.15) is 0 Å². The summed E-state index contributed by atoms with van der Waals surface area (Å²) in [6.07, 6.45) is 0.787. The number of hydrogen-bond acceptors (Lipinski definition) is 5. The molecule has 2 heterocycles. The van der Waals surface area contributed by atoms with Crippen LogP contribution in [0.5, 0.6) is 0 Å². The summed E-state index contributed by atoms with van der Waals surface area (Å²) in [6.45, 7) is 6.26. The van der Waals surface area contributed by atoms with Gasteiger partial charge in [-0.25, -0.2) is 4.98 Å². The minimum absolute atomic E-state index is 0.0134. The fourth-order valence-corrected chi connectivity index (χ4v) is 2.33. The molecule has 0 spiro atoms. The van der Waals surface area contributed by atoms with Crippen LogP contribution in [-0.2, 0) is 16.1 Å². The molecule has 0 saturated carbocycles. The highest BCUT2D eigenvalue weighted by molar-refractivity contribution is 5.80. The maximum absolute atomic E-state index is 12.1. The highest BCUT2D eigenvalue weighted by Crippen LogP contribution is 2.17. The minimum atomic E-state index is -0.0629. The van der Waals surface area contributed by atoms with E-state index in [1.54, 1.807) is 18.6 Å². The van der Waals surface area contributed by atoms with Crippen LogP contribution in [0.1, 0.15) is 17.7 Å². The van der Waals surface area contributed by atoms with Gasteiger partial charge in [-0.3, -0.25) is 14.2 Å². The second-order valence-corrected chi connectivity index (χ2v) is 5.20. The monoisotopic (exact) mass is 294 g/mol. The number of amides is 1. The Morgan fingerprint density at radius 3 is 2.86 bits per heavy atom. The fraction of sp³-hybridized carbons (Fsp3) is 0.643. The Kier molecular flexibility index (Phi) is 4.95. The van der Waals surface area contributed by atoms with Gasteiger partial charge in [0, 0.05) is 44.6 Å². The standard InChI is InChI=1S/C14H22N4O3/c1-10-11(2)16-14-17(6-7-18(14)13(10)20)9-12(19)15-5-4-8-21-3/h4-9H2,1-3H3,(H,15,19). The molecule has 1 aromatic rings. The molecule has 1 N–H and O–H groups in total. The molecular formula is C14H22N4O3. The van der Waals surface area contributed by atoms with Crippen molar-refractivity contribution in [2.75, 3.05) is 38.3 Å². The molecule has 2 rings (SSSR count). The minimum Gasteiger partial charge on any atom is -0.385 e. The molecule has 0 saturated heterocycles. The van der Waals surface area contributed by atoms with Crippen molar-refractivity contribution in [2.24, 2.45) is 0 Å². The summed E-state index contributed by atoms with van der Waals surface area (Å²) in [7, 11) is 1.64. The van der Waals surface area contributed by atoms with Crippen molar-refractivity contribution in [1.29, 1.82) is 0 Å². The molecule has 0 atom stereocenters. The number of nitrogens with zero attached hydrogens (tertiary/aromatic N) is 3. The van der Waals surface area contributed by atoms with Gasteiger partial charge in [0.2, 0.25) is 11.9 Å². The molecule has 0 fully saturated rings. The second kappa shape index (κ2) is 6.71. The first-order valence-electron chi connectivity index (χ1n) is 7.13. The molecule has 1 amide bonds. The summed E-state index contributed by atoms with van der Waals surface area (Å²) in [5, 5.41) is 2.84. The Labute approximate surface area is 123 Å². The first-order chi connectivity index (χ1) is 10.0. The lowest BCUT2D eigenvalue weighted by Crippen LogP contribution is -2.37. The number of fused-ring (bicyclic) bond motifs is 1. The van der Waals surface area contributed by atoms with Crippen molar-refractivity contribution in [1.82, 2.24) is 14.9 Å². The van der Waals surface area contributed by atoms with E-state index in [1.165, 1.54) is 0 Å². The van der Waals surface area contributed by atoms with Crippen molar-refractivity contribution in [3.8, 4) is 0 Å². The zero-order valence-corrected chi connectivity index (χ0v) is 12.8. The molecule has 21 heavy (non-hydrogen) atoms. The number of carbonyl (C=O) groups excluding carboxylic acids is 1. The molecule has 116 valence electrons. The molecule has 0 unspecified atom stereocenters. The molecule has 1 aliphatic heterocycles. The number of methoxy groups -OCH3 is 1. The molecule has 1 aromatic heterocycles. The average Bonchev–Trinajstić information content (AvgIpc) is 2.84. The summed E-state index contributed by atoms with van der Waals surface area (Å²) >= 11 is 0. The molecular weight excluding hydrogens is 272 g/mol. The number of hydrogen-bond donors (Lipinski definition) is 1. The number of nitrogens with one attached hydrogen (secondary N) is 1. The highest BCUT2D eigenvalue weighted by atomic mass is 16.5. The maximum atomic E-state index is 12.1. The van der Waals surface area contributed by atoms with E-state index in [-0.39, 0.29) is 18.0 Å². The van der Waals surface area contributed by atoms with Crippen LogP contribution >= 0.6 is 0 Å². The summed E-state index contributed by atoms with van der Waals surface area (Å²) in [5.41, 5.74) is 1.38. The van der Waals surface area contributed by atoms with Gasteiger partial charge in [0.25, 0.3) is 5.56 Å². The van der Waals surface area contributed by atoms with Crippen LogP contribution in [0.2, 0.25) is 0 Å². The van der Waals surface area contributed by atoms with E-state index in [1.807, 2.05) is 11.8 Å². The summed E-state index contributed by atoms with van der Waals surface area (Å²) in [4.78, 5) is 30.3. The van der Waals surface area contributed by atoms with E-state index in [0.717, 1.165) is 12.1 Å². The number of carbonyl (C=O) groups is 1. The van der Waals surface area contributed by atoms with Crippen molar-refractivity contribution in [3.05, 3.63) is 21.6 Å². The van der Waals surface area contributed by atoms with Crippen LogP contribution in [0, 0.1) is 13.8 Å². The van der Waals surface area contributed by atoms with Crippen molar-refractivity contribution in [2.45, 2.75) is 26.8 Å². The summed E-state index contributed by atoms with van der Waals surface area (Å²) < 4.78 is 6.57. The van der Waals surface area contributed by atoms with Gasteiger partial charge in [-0.1, -0.05) is 0 Å². The molecule has 0 bridgehead atoms. The van der Waals surface area contributed by atoms with E-state index >= 15 is 0 Å². The van der Waals surface area contributed by atoms with Gasteiger partial charge >= 0.3 is 0 Å². The number of aromatic nitrogens is 2. The van der Waals surface area contributed by atoms with Crippen LogP contribution in [0.25, 0.3) is 0 Å². The maximum Gasteiger partial charge on any atom is 0.258 e. The van der Waals surface area contributed by atoms with E-state index in [4.69, 9.17) is 4.74 Å². The lowest BCUT2D eigenvalue weighted by atomic mass is 10.3. The van der Waals surface area contributed by atoms with Crippen molar-refractivity contribution in [3.63, 3.8) is 0 Å². The molecule has 7 nitrogen and oxygen atoms in total. The highest BCUT2D eigenvalue weighted by Gasteiger charge is 2.24. The molecule has 0 aromatic carbocycles. The largest absolute Gasteiger partial charge is 0.385 e. The molecule has 0 radical (unpaired) electrons. The van der Waals surface area contributed by atoms with Gasteiger partial charge in [0.1, 0.15) is 0 Å². The third kappa shape index (κ3) is 3.41. The molecule has 1 aliphatic rings. The first kappa shape index (κ1) is 15.5. The Bertz CT molecular complexity index is 582.